The molecule has 0 aromatic heterocycles. The van der Waals surface area contributed by atoms with Crippen molar-refractivity contribution in [1.29, 1.82) is 0 Å². The van der Waals surface area contributed by atoms with Gasteiger partial charge in [-0.25, -0.2) is 14.4 Å². The van der Waals surface area contributed by atoms with Crippen molar-refractivity contribution in [3.05, 3.63) is 58.1 Å². The van der Waals surface area contributed by atoms with E-state index in [4.69, 9.17) is 27.2 Å². The van der Waals surface area contributed by atoms with Crippen LogP contribution in [0.3, 0.4) is 0 Å². The SMILES string of the molecule is Nc1c(Cl)cc(C[C@@H](OC(=O)N2CCC(N3CCc4ccccc4NC3=O)CC2)C(=O)N2CCN(C3CCN(C(=O)C(=O)O)CC3)CC2)cc1C(F)(F)F. The Morgan fingerprint density at radius 1 is 0.889 bits per heavy atom. The number of rotatable bonds is 6. The van der Waals surface area contributed by atoms with E-state index in [1.165, 1.54) is 20.8 Å². The third kappa shape index (κ3) is 8.78. The summed E-state index contributed by atoms with van der Waals surface area (Å²) in [4.78, 5) is 71.8. The van der Waals surface area contributed by atoms with Crippen molar-refractivity contribution in [2.24, 2.45) is 0 Å². The van der Waals surface area contributed by atoms with Gasteiger partial charge < -0.3 is 40.5 Å². The first kappa shape index (κ1) is 38.9. The number of nitrogens with zero attached hydrogens (tertiary/aromatic N) is 5. The molecule has 18 heteroatoms. The van der Waals surface area contributed by atoms with E-state index < -0.39 is 47.4 Å². The fourth-order valence-corrected chi connectivity index (χ4v) is 8.04. The number of ether oxygens (including phenoxy) is 1. The number of nitrogens with two attached hydrogens (primary N) is 1. The van der Waals surface area contributed by atoms with E-state index in [9.17, 15) is 37.1 Å². The Bertz CT molecular complexity index is 1760. The van der Waals surface area contributed by atoms with E-state index in [2.05, 4.69) is 10.2 Å². The number of likely N-dealkylation sites (tertiary alicyclic amines) is 2. The molecular weight excluding hydrogens is 735 g/mol. The van der Waals surface area contributed by atoms with Gasteiger partial charge in [-0.05, 0) is 61.4 Å². The third-order valence-corrected chi connectivity index (χ3v) is 11.1. The number of piperidine rings is 2. The van der Waals surface area contributed by atoms with Gasteiger partial charge in [-0.1, -0.05) is 29.8 Å². The van der Waals surface area contributed by atoms with Crippen molar-refractivity contribution in [3.63, 3.8) is 0 Å². The first-order valence-electron chi connectivity index (χ1n) is 18.0. The van der Waals surface area contributed by atoms with Crippen LogP contribution in [0.2, 0.25) is 5.02 Å². The monoisotopic (exact) mass is 777 g/mol. The van der Waals surface area contributed by atoms with Gasteiger partial charge in [-0.2, -0.15) is 13.2 Å². The van der Waals surface area contributed by atoms with Gasteiger partial charge in [0.1, 0.15) is 0 Å². The fourth-order valence-electron chi connectivity index (χ4n) is 7.79. The minimum Gasteiger partial charge on any atom is -0.474 e. The van der Waals surface area contributed by atoms with Crippen molar-refractivity contribution >= 4 is 52.9 Å². The van der Waals surface area contributed by atoms with Crippen LogP contribution in [0.4, 0.5) is 34.1 Å². The van der Waals surface area contributed by atoms with E-state index in [0.29, 0.717) is 64.8 Å². The Morgan fingerprint density at radius 2 is 1.52 bits per heavy atom. The van der Waals surface area contributed by atoms with Crippen molar-refractivity contribution in [2.45, 2.75) is 62.9 Å². The number of halogens is 4. The quantitative estimate of drug-likeness (QED) is 0.292. The molecule has 4 aliphatic heterocycles. The molecule has 0 bridgehead atoms. The van der Waals surface area contributed by atoms with E-state index in [-0.39, 0.29) is 61.3 Å². The number of piperazine rings is 1. The summed E-state index contributed by atoms with van der Waals surface area (Å²) in [5, 5.41) is 11.6. The van der Waals surface area contributed by atoms with Crippen LogP contribution in [0, 0.1) is 0 Å². The van der Waals surface area contributed by atoms with Gasteiger partial charge in [-0.3, -0.25) is 14.5 Å². The van der Waals surface area contributed by atoms with E-state index in [1.54, 1.807) is 4.90 Å². The van der Waals surface area contributed by atoms with Crippen molar-refractivity contribution in [3.8, 4) is 0 Å². The number of anilines is 2. The predicted octanol–water partition coefficient (Wildman–Crippen LogP) is 3.76. The molecule has 3 saturated heterocycles. The number of carboxylic acids is 1. The maximum Gasteiger partial charge on any atom is 0.418 e. The maximum absolute atomic E-state index is 14.0. The smallest absolute Gasteiger partial charge is 0.418 e. The Balaban J connectivity index is 1.10. The number of carbonyl (C=O) groups excluding carboxylic acids is 4. The summed E-state index contributed by atoms with van der Waals surface area (Å²) in [6.45, 7) is 3.01. The third-order valence-electron chi connectivity index (χ3n) is 10.8. The Morgan fingerprint density at radius 3 is 2.17 bits per heavy atom. The first-order chi connectivity index (χ1) is 25.7. The second-order valence-corrected chi connectivity index (χ2v) is 14.5. The second-order valence-electron chi connectivity index (χ2n) is 14.1. The minimum absolute atomic E-state index is 0.0147. The molecule has 6 rings (SSSR count). The standard InChI is InChI=1S/C36H43ClF3N7O7/c37-27-20-22(19-26(30(27)41)36(38,39)40)21-29(31(48)45-17-15-43(16-18-45)24-6-10-44(11-7-24)32(49)33(50)51)54-35(53)46-12-8-25(9-13-46)47-14-5-23-3-1-2-4-28(23)42-34(47)52/h1-4,19-20,24-25,29H,5-18,21,41H2,(H,42,52)(H,50,51)/t29-/m1/s1. The summed E-state index contributed by atoms with van der Waals surface area (Å²) in [7, 11) is 0. The van der Waals surface area contributed by atoms with E-state index in [1.807, 2.05) is 24.3 Å². The normalized spacial score (nSPS) is 19.8. The van der Waals surface area contributed by atoms with Crippen LogP contribution in [-0.2, 0) is 38.1 Å². The molecule has 5 amide bonds. The van der Waals surface area contributed by atoms with Crippen LogP contribution >= 0.6 is 11.6 Å². The van der Waals surface area contributed by atoms with E-state index >= 15 is 0 Å². The molecule has 0 aliphatic carbocycles. The molecule has 0 spiro atoms. The lowest BCUT2D eigenvalue weighted by Crippen LogP contribution is -2.57. The highest BCUT2D eigenvalue weighted by Crippen LogP contribution is 2.38. The second kappa shape index (κ2) is 16.3. The van der Waals surface area contributed by atoms with Crippen LogP contribution in [-0.4, -0.2) is 137 Å². The van der Waals surface area contributed by atoms with Gasteiger partial charge in [0.2, 0.25) is 0 Å². The summed E-state index contributed by atoms with van der Waals surface area (Å²) in [6, 6.07) is 9.36. The molecule has 14 nitrogen and oxygen atoms in total. The largest absolute Gasteiger partial charge is 0.474 e. The highest BCUT2D eigenvalue weighted by Gasteiger charge is 2.39. The zero-order chi connectivity index (χ0) is 38.7. The average molecular weight is 778 g/mol. The zero-order valence-electron chi connectivity index (χ0n) is 29.5. The summed E-state index contributed by atoms with van der Waals surface area (Å²) in [6.07, 6.45) is -4.72. The van der Waals surface area contributed by atoms with Crippen molar-refractivity contribution in [2.75, 3.05) is 70.0 Å². The number of hydrogen-bond acceptors (Lipinski definition) is 8. The Hall–Kier alpha value is -4.77. The van der Waals surface area contributed by atoms with Gasteiger partial charge in [0.25, 0.3) is 5.91 Å². The predicted molar refractivity (Wildman–Crippen MR) is 191 cm³/mol. The molecule has 0 unspecified atom stereocenters. The fraction of sp³-hybridized carbons (Fsp3) is 0.528. The highest BCUT2D eigenvalue weighted by atomic mass is 35.5. The number of para-hydroxylation sites is 1. The molecule has 0 radical (unpaired) electrons. The number of alkyl halides is 3. The molecule has 4 aliphatic rings. The number of nitrogen functional groups attached to an aromatic ring is 1. The first-order valence-corrected chi connectivity index (χ1v) is 18.4. The number of fused-ring (bicyclic) bond motifs is 1. The van der Waals surface area contributed by atoms with Crippen LogP contribution in [0.25, 0.3) is 0 Å². The Kier molecular flexibility index (Phi) is 11.8. The molecule has 4 heterocycles. The van der Waals surface area contributed by atoms with Gasteiger partial charge in [0.15, 0.2) is 6.10 Å². The van der Waals surface area contributed by atoms with E-state index in [0.717, 1.165) is 17.3 Å². The van der Waals surface area contributed by atoms with Gasteiger partial charge >= 0.3 is 30.2 Å². The molecule has 292 valence electrons. The average Bonchev–Trinajstić information content (AvgIpc) is 3.33. The number of carboxylic acid groups (broad SMARTS) is 1. The molecule has 54 heavy (non-hydrogen) atoms. The number of nitrogens with one attached hydrogen (secondary N) is 1. The van der Waals surface area contributed by atoms with Crippen LogP contribution in [0.1, 0.15) is 42.4 Å². The highest BCUT2D eigenvalue weighted by molar-refractivity contribution is 6.33. The molecule has 0 saturated carbocycles. The topological polar surface area (TPSA) is 169 Å². The number of hydrogen-bond donors (Lipinski definition) is 3. The molecule has 4 N–H and O–H groups in total. The minimum atomic E-state index is -4.81. The number of amides is 5. The lowest BCUT2D eigenvalue weighted by atomic mass is 10.0. The van der Waals surface area contributed by atoms with Gasteiger partial charge in [-0.15, -0.1) is 0 Å². The molecule has 2 aromatic rings. The summed E-state index contributed by atoms with van der Waals surface area (Å²) >= 11 is 6.10. The number of aliphatic carboxylic acids is 1. The summed E-state index contributed by atoms with van der Waals surface area (Å²) < 4.78 is 47.3. The van der Waals surface area contributed by atoms with Crippen molar-refractivity contribution in [1.82, 2.24) is 24.5 Å². The van der Waals surface area contributed by atoms with Crippen LogP contribution in [0.5, 0.6) is 0 Å². The molecule has 1 atom stereocenters. The van der Waals surface area contributed by atoms with Crippen LogP contribution in [0.15, 0.2) is 36.4 Å². The molecular formula is C36H43ClF3N7O7. The van der Waals surface area contributed by atoms with Crippen LogP contribution < -0.4 is 11.1 Å². The Labute approximate surface area is 314 Å². The lowest BCUT2D eigenvalue weighted by Gasteiger charge is -2.43. The maximum atomic E-state index is 14.0. The summed E-state index contributed by atoms with van der Waals surface area (Å²) in [5.41, 5.74) is 5.65. The van der Waals surface area contributed by atoms with Gasteiger partial charge in [0, 0.05) is 83.1 Å². The number of benzene rings is 2. The van der Waals surface area contributed by atoms with Gasteiger partial charge in [0.05, 0.1) is 16.3 Å². The number of carbonyl (C=O) groups is 5. The van der Waals surface area contributed by atoms with Crippen molar-refractivity contribution < 1.29 is 47.0 Å². The lowest BCUT2D eigenvalue weighted by molar-refractivity contribution is -0.156. The summed E-state index contributed by atoms with van der Waals surface area (Å²) in [5.74, 6) is -3.00. The molecule has 3 fully saturated rings. The molecule has 2 aromatic carbocycles. The number of urea groups is 1. The zero-order valence-corrected chi connectivity index (χ0v) is 30.3.